The number of allylic oxidation sites excluding steroid dienone is 2. The number of hydrogen-bond donors (Lipinski definition) is 1. The normalized spacial score (nSPS) is 23.2. The van der Waals surface area contributed by atoms with Crippen molar-refractivity contribution in [3.05, 3.63) is 53.1 Å². The zero-order valence-electron chi connectivity index (χ0n) is 15.6. The molecule has 142 valence electrons. The molecule has 2 aromatic rings. The largest absolute Gasteiger partial charge is 0.356 e. The Labute approximate surface area is 159 Å². The lowest BCUT2D eigenvalue weighted by atomic mass is 9.93. The maximum atomic E-state index is 12.4. The number of para-hydroxylation sites is 1. The van der Waals surface area contributed by atoms with Gasteiger partial charge < -0.3 is 5.32 Å². The fraction of sp³-hybridized carbons (Fsp3) is 0.500. The summed E-state index contributed by atoms with van der Waals surface area (Å²) in [5.74, 6) is 2.23. The van der Waals surface area contributed by atoms with Gasteiger partial charge >= 0.3 is 0 Å². The molecule has 1 heterocycles. The van der Waals surface area contributed by atoms with E-state index in [1.54, 1.807) is 10.9 Å². The van der Waals surface area contributed by atoms with Gasteiger partial charge in [0.05, 0.1) is 17.2 Å². The molecule has 1 amide bonds. The highest BCUT2D eigenvalue weighted by Crippen LogP contribution is 2.42. The molecule has 1 N–H and O–H groups in total. The van der Waals surface area contributed by atoms with Gasteiger partial charge in [-0.2, -0.15) is 0 Å². The van der Waals surface area contributed by atoms with E-state index in [0.29, 0.717) is 30.2 Å². The highest BCUT2D eigenvalue weighted by Gasteiger charge is 2.35. The van der Waals surface area contributed by atoms with Crippen LogP contribution in [-0.2, 0) is 11.3 Å². The molecule has 3 unspecified atom stereocenters. The van der Waals surface area contributed by atoms with Crippen LogP contribution in [0.3, 0.4) is 0 Å². The van der Waals surface area contributed by atoms with E-state index in [9.17, 15) is 9.59 Å². The molecule has 1 aromatic heterocycles. The van der Waals surface area contributed by atoms with Crippen LogP contribution in [0.1, 0.15) is 38.5 Å². The van der Waals surface area contributed by atoms with Crippen molar-refractivity contribution in [3.63, 3.8) is 0 Å². The molecule has 5 nitrogen and oxygen atoms in total. The summed E-state index contributed by atoms with van der Waals surface area (Å²) in [6, 6.07) is 7.42. The Morgan fingerprint density at radius 1 is 1.15 bits per heavy atom. The minimum atomic E-state index is 0.0123. The van der Waals surface area contributed by atoms with Crippen LogP contribution in [0.4, 0.5) is 0 Å². The van der Waals surface area contributed by atoms with Crippen molar-refractivity contribution in [2.24, 2.45) is 17.8 Å². The van der Waals surface area contributed by atoms with Gasteiger partial charge in [-0.05, 0) is 55.6 Å². The first-order valence-corrected chi connectivity index (χ1v) is 10.1. The van der Waals surface area contributed by atoms with E-state index in [4.69, 9.17) is 0 Å². The van der Waals surface area contributed by atoms with Crippen LogP contribution in [0.2, 0.25) is 0 Å². The topological polar surface area (TPSA) is 64.0 Å². The van der Waals surface area contributed by atoms with Gasteiger partial charge in [-0.3, -0.25) is 14.2 Å². The highest BCUT2D eigenvalue weighted by molar-refractivity contribution is 5.77. The third-order valence-electron chi connectivity index (χ3n) is 6.01. The van der Waals surface area contributed by atoms with Crippen LogP contribution in [0.25, 0.3) is 10.9 Å². The Morgan fingerprint density at radius 3 is 2.85 bits per heavy atom. The van der Waals surface area contributed by atoms with Crippen molar-refractivity contribution < 1.29 is 4.79 Å². The van der Waals surface area contributed by atoms with Crippen molar-refractivity contribution in [2.45, 2.75) is 45.1 Å². The smallest absolute Gasteiger partial charge is 0.261 e. The van der Waals surface area contributed by atoms with Crippen molar-refractivity contribution in [1.29, 1.82) is 0 Å². The number of hydrogen-bond acceptors (Lipinski definition) is 3. The molecule has 5 heteroatoms. The number of fused-ring (bicyclic) bond motifs is 3. The van der Waals surface area contributed by atoms with Crippen molar-refractivity contribution in [2.75, 3.05) is 6.54 Å². The molecule has 1 saturated carbocycles. The molecule has 1 fully saturated rings. The number of unbranched alkanes of at least 4 members (excludes halogenated alkanes) is 2. The van der Waals surface area contributed by atoms with Crippen LogP contribution < -0.4 is 10.9 Å². The Kier molecular flexibility index (Phi) is 5.37. The summed E-state index contributed by atoms with van der Waals surface area (Å²) in [6.07, 6.45) is 12.0. The van der Waals surface area contributed by atoms with E-state index >= 15 is 0 Å². The number of carbonyl (C=O) groups is 1. The molecule has 2 bridgehead atoms. The minimum Gasteiger partial charge on any atom is -0.356 e. The molecule has 0 radical (unpaired) electrons. The number of amides is 1. The predicted octanol–water partition coefficient (Wildman–Crippen LogP) is 3.29. The maximum Gasteiger partial charge on any atom is 0.261 e. The standard InChI is InChI=1S/C22H27N3O2/c26-21(23-14-18-13-16-9-10-17(18)12-16)8-2-1-5-11-25-15-24-20-7-4-3-6-19(20)22(25)27/h3-4,6-7,9-10,15-18H,1-2,5,8,11-14H2,(H,23,26). The average molecular weight is 365 g/mol. The van der Waals surface area contributed by atoms with Crippen molar-refractivity contribution in [3.8, 4) is 0 Å². The summed E-state index contributed by atoms with van der Waals surface area (Å²) in [5, 5.41) is 3.77. The monoisotopic (exact) mass is 365 g/mol. The van der Waals surface area contributed by atoms with E-state index < -0.39 is 0 Å². The summed E-state index contributed by atoms with van der Waals surface area (Å²) in [6.45, 7) is 1.47. The lowest BCUT2D eigenvalue weighted by Gasteiger charge is -2.18. The Balaban J connectivity index is 1.15. The second-order valence-electron chi connectivity index (χ2n) is 7.92. The summed E-state index contributed by atoms with van der Waals surface area (Å²) in [5.41, 5.74) is 0.750. The Morgan fingerprint density at radius 2 is 2.04 bits per heavy atom. The van der Waals surface area contributed by atoms with E-state index in [1.807, 2.05) is 24.3 Å². The number of nitrogens with one attached hydrogen (secondary N) is 1. The number of carbonyl (C=O) groups excluding carboxylic acids is 1. The van der Waals surface area contributed by atoms with Gasteiger partial charge in [0.2, 0.25) is 5.91 Å². The summed E-state index contributed by atoms with van der Waals surface area (Å²) < 4.78 is 1.67. The molecule has 0 spiro atoms. The molecule has 1 aromatic carbocycles. The van der Waals surface area contributed by atoms with E-state index in [-0.39, 0.29) is 11.5 Å². The summed E-state index contributed by atoms with van der Waals surface area (Å²) >= 11 is 0. The van der Waals surface area contributed by atoms with Crippen LogP contribution in [0.5, 0.6) is 0 Å². The lowest BCUT2D eigenvalue weighted by molar-refractivity contribution is -0.121. The first-order valence-electron chi connectivity index (χ1n) is 10.1. The zero-order valence-corrected chi connectivity index (χ0v) is 15.6. The highest BCUT2D eigenvalue weighted by atomic mass is 16.1. The fourth-order valence-electron chi connectivity index (χ4n) is 4.47. The van der Waals surface area contributed by atoms with Gasteiger partial charge in [-0.1, -0.05) is 30.7 Å². The van der Waals surface area contributed by atoms with Gasteiger partial charge in [-0.25, -0.2) is 4.98 Å². The van der Waals surface area contributed by atoms with Gasteiger partial charge in [0.1, 0.15) is 0 Å². The van der Waals surface area contributed by atoms with Crippen LogP contribution in [-0.4, -0.2) is 22.0 Å². The second kappa shape index (κ2) is 8.07. The fourth-order valence-corrected chi connectivity index (χ4v) is 4.47. The molecular weight excluding hydrogens is 338 g/mol. The Hall–Kier alpha value is -2.43. The number of nitrogens with zero attached hydrogens (tertiary/aromatic N) is 2. The number of benzene rings is 1. The molecule has 3 atom stereocenters. The number of aryl methyl sites for hydroxylation is 1. The Bertz CT molecular complexity index is 902. The molecule has 2 aliphatic carbocycles. The second-order valence-corrected chi connectivity index (χ2v) is 7.92. The molecule has 0 saturated heterocycles. The van der Waals surface area contributed by atoms with Crippen molar-refractivity contribution >= 4 is 16.8 Å². The molecular formula is C22H27N3O2. The van der Waals surface area contributed by atoms with Crippen molar-refractivity contribution in [1.82, 2.24) is 14.9 Å². The van der Waals surface area contributed by atoms with Crippen LogP contribution in [0.15, 0.2) is 47.5 Å². The first-order chi connectivity index (χ1) is 13.2. The number of rotatable bonds is 8. The number of aromatic nitrogens is 2. The van der Waals surface area contributed by atoms with E-state index in [2.05, 4.69) is 22.5 Å². The third kappa shape index (κ3) is 4.12. The molecule has 4 rings (SSSR count). The SMILES string of the molecule is O=C(CCCCCn1cnc2ccccc2c1=O)NCC1CC2C=CC1C2. The molecule has 0 aliphatic heterocycles. The van der Waals surface area contributed by atoms with E-state index in [1.165, 1.54) is 12.8 Å². The minimum absolute atomic E-state index is 0.0123. The third-order valence-corrected chi connectivity index (χ3v) is 6.01. The molecule has 27 heavy (non-hydrogen) atoms. The lowest BCUT2D eigenvalue weighted by Crippen LogP contribution is -2.30. The van der Waals surface area contributed by atoms with Gasteiger partial charge in [0, 0.05) is 19.5 Å². The van der Waals surface area contributed by atoms with Gasteiger partial charge in [-0.15, -0.1) is 0 Å². The predicted molar refractivity (Wildman–Crippen MR) is 106 cm³/mol. The van der Waals surface area contributed by atoms with Gasteiger partial charge in [0.25, 0.3) is 5.56 Å². The quantitative estimate of drug-likeness (QED) is 0.577. The van der Waals surface area contributed by atoms with E-state index in [0.717, 1.165) is 37.2 Å². The van der Waals surface area contributed by atoms with Crippen LogP contribution >= 0.6 is 0 Å². The molecule has 2 aliphatic rings. The van der Waals surface area contributed by atoms with Crippen LogP contribution in [0, 0.1) is 17.8 Å². The first kappa shape index (κ1) is 18.0. The maximum absolute atomic E-state index is 12.4. The zero-order chi connectivity index (χ0) is 18.6. The summed E-state index contributed by atoms with van der Waals surface area (Å²) in [4.78, 5) is 28.8. The summed E-state index contributed by atoms with van der Waals surface area (Å²) in [7, 11) is 0. The average Bonchev–Trinajstić information content (AvgIpc) is 3.31. The van der Waals surface area contributed by atoms with Gasteiger partial charge in [0.15, 0.2) is 0 Å².